The summed E-state index contributed by atoms with van der Waals surface area (Å²) in [5.74, 6) is 1.09. The second kappa shape index (κ2) is 7.53. The summed E-state index contributed by atoms with van der Waals surface area (Å²) >= 11 is 13.2. The van der Waals surface area contributed by atoms with Crippen molar-refractivity contribution >= 4 is 46.8 Å². The molecule has 6 nitrogen and oxygen atoms in total. The third-order valence-electron chi connectivity index (χ3n) is 2.25. The molecule has 0 saturated carbocycles. The van der Waals surface area contributed by atoms with Crippen molar-refractivity contribution in [2.45, 2.75) is 12.1 Å². The molecule has 2 aromatic rings. The number of nitrogens with zero attached hydrogens (tertiary/aromatic N) is 2. The zero-order valence-electron chi connectivity index (χ0n) is 11.0. The summed E-state index contributed by atoms with van der Waals surface area (Å²) in [6.45, 7) is 1.78. The summed E-state index contributed by atoms with van der Waals surface area (Å²) in [6.07, 6.45) is 0. The smallest absolute Gasteiger partial charge is 0.264 e. The lowest BCUT2D eigenvalue weighted by molar-refractivity contribution is -0.118. The van der Waals surface area contributed by atoms with Gasteiger partial charge in [-0.15, -0.1) is 5.10 Å². The quantitative estimate of drug-likeness (QED) is 0.784. The highest BCUT2D eigenvalue weighted by Crippen LogP contribution is 2.27. The van der Waals surface area contributed by atoms with E-state index in [0.717, 1.165) is 5.75 Å². The molecule has 2 N–H and O–H groups in total. The second-order valence-electron chi connectivity index (χ2n) is 3.81. The normalized spacial score (nSPS) is 10.4. The molecule has 0 aliphatic rings. The summed E-state index contributed by atoms with van der Waals surface area (Å²) < 4.78 is 5.31. The summed E-state index contributed by atoms with van der Waals surface area (Å²) in [6, 6.07) is 4.78. The fourth-order valence-electron chi connectivity index (χ4n) is 1.40. The van der Waals surface area contributed by atoms with Crippen LogP contribution in [0.1, 0.15) is 6.92 Å². The van der Waals surface area contributed by atoms with Gasteiger partial charge in [-0.1, -0.05) is 41.9 Å². The number of carbonyl (C=O) groups excluding carboxylic acids is 1. The predicted molar refractivity (Wildman–Crippen MR) is 83.4 cm³/mol. The molecule has 21 heavy (non-hydrogen) atoms. The van der Waals surface area contributed by atoms with E-state index in [1.165, 1.54) is 11.8 Å². The molecular weight excluding hydrogens is 335 g/mol. The van der Waals surface area contributed by atoms with Crippen molar-refractivity contribution in [3.8, 4) is 5.75 Å². The number of rotatable bonds is 6. The Morgan fingerprint density at radius 3 is 3.05 bits per heavy atom. The molecule has 0 aliphatic heterocycles. The maximum atomic E-state index is 11.7. The monoisotopic (exact) mass is 346 g/mol. The van der Waals surface area contributed by atoms with E-state index in [1.54, 1.807) is 18.2 Å². The van der Waals surface area contributed by atoms with E-state index >= 15 is 0 Å². The van der Waals surface area contributed by atoms with Crippen molar-refractivity contribution in [1.29, 1.82) is 0 Å². The summed E-state index contributed by atoms with van der Waals surface area (Å²) in [5, 5.41) is 10.5. The lowest BCUT2D eigenvalue weighted by atomic mass is 10.3. The molecule has 1 aromatic carbocycles. The number of H-pyrrole nitrogens is 1. The highest BCUT2D eigenvalue weighted by Gasteiger charge is 2.09. The van der Waals surface area contributed by atoms with E-state index in [4.69, 9.17) is 27.9 Å². The Balaban J connectivity index is 1.88. The molecule has 0 unspecified atom stereocenters. The van der Waals surface area contributed by atoms with Gasteiger partial charge in [-0.25, -0.2) is 5.10 Å². The Morgan fingerprint density at radius 2 is 2.29 bits per heavy atom. The zero-order valence-corrected chi connectivity index (χ0v) is 13.3. The third-order valence-corrected chi connectivity index (χ3v) is 3.52. The molecule has 0 aliphatic carbocycles. The fraction of sp³-hybridized carbons (Fsp3) is 0.250. The van der Waals surface area contributed by atoms with E-state index in [1.807, 2.05) is 6.92 Å². The molecule has 0 atom stereocenters. The van der Waals surface area contributed by atoms with Gasteiger partial charge >= 0.3 is 0 Å². The van der Waals surface area contributed by atoms with Crippen molar-refractivity contribution in [3.05, 3.63) is 28.2 Å². The number of nitrogens with one attached hydrogen (secondary N) is 2. The van der Waals surface area contributed by atoms with Crippen LogP contribution < -0.4 is 10.1 Å². The fourth-order valence-corrected chi connectivity index (χ4v) is 2.25. The minimum Gasteiger partial charge on any atom is -0.482 e. The van der Waals surface area contributed by atoms with Crippen LogP contribution in [-0.4, -0.2) is 33.4 Å². The molecule has 1 aromatic heterocycles. The number of aromatic amines is 1. The highest BCUT2D eigenvalue weighted by molar-refractivity contribution is 7.99. The van der Waals surface area contributed by atoms with Crippen LogP contribution in [0.25, 0.3) is 0 Å². The highest BCUT2D eigenvalue weighted by atomic mass is 35.5. The summed E-state index contributed by atoms with van der Waals surface area (Å²) in [4.78, 5) is 15.8. The first kappa shape index (κ1) is 15.9. The van der Waals surface area contributed by atoms with Gasteiger partial charge in [0.25, 0.3) is 5.91 Å². The molecule has 0 bridgehead atoms. The van der Waals surface area contributed by atoms with Crippen LogP contribution in [0.15, 0.2) is 23.4 Å². The number of anilines is 1. The SMILES string of the molecule is CCSc1n[nH]c(NC(=O)COc2cc(Cl)ccc2Cl)n1. The van der Waals surface area contributed by atoms with Crippen LogP contribution in [0.4, 0.5) is 5.95 Å². The van der Waals surface area contributed by atoms with Gasteiger partial charge in [0.05, 0.1) is 5.02 Å². The van der Waals surface area contributed by atoms with Gasteiger partial charge in [0.2, 0.25) is 11.1 Å². The lowest BCUT2D eigenvalue weighted by Gasteiger charge is -2.07. The number of halogens is 2. The Hall–Kier alpha value is -1.44. The minimum atomic E-state index is -0.379. The van der Waals surface area contributed by atoms with Crippen molar-refractivity contribution in [1.82, 2.24) is 15.2 Å². The third kappa shape index (κ3) is 4.80. The minimum absolute atomic E-state index is 0.211. The Labute approximate surface area is 135 Å². The van der Waals surface area contributed by atoms with Crippen molar-refractivity contribution in [2.24, 2.45) is 0 Å². The van der Waals surface area contributed by atoms with Crippen LogP contribution in [0.2, 0.25) is 10.0 Å². The molecule has 1 amide bonds. The number of hydrogen-bond donors (Lipinski definition) is 2. The van der Waals surface area contributed by atoms with E-state index in [9.17, 15) is 4.79 Å². The predicted octanol–water partition coefficient (Wildman–Crippen LogP) is 3.24. The molecule has 2 rings (SSSR count). The average molecular weight is 347 g/mol. The van der Waals surface area contributed by atoms with E-state index in [2.05, 4.69) is 20.5 Å². The lowest BCUT2D eigenvalue weighted by Crippen LogP contribution is -2.21. The summed E-state index contributed by atoms with van der Waals surface area (Å²) in [7, 11) is 0. The molecule has 0 saturated heterocycles. The first-order chi connectivity index (χ1) is 10.1. The molecule has 0 radical (unpaired) electrons. The van der Waals surface area contributed by atoms with E-state index in [0.29, 0.717) is 21.0 Å². The summed E-state index contributed by atoms with van der Waals surface area (Å²) in [5.41, 5.74) is 0. The number of hydrogen-bond acceptors (Lipinski definition) is 5. The number of amides is 1. The topological polar surface area (TPSA) is 79.9 Å². The van der Waals surface area contributed by atoms with Gasteiger partial charge in [-0.3, -0.25) is 10.1 Å². The first-order valence-electron chi connectivity index (χ1n) is 6.01. The van der Waals surface area contributed by atoms with Crippen LogP contribution >= 0.6 is 35.0 Å². The molecule has 1 heterocycles. The molecule has 9 heteroatoms. The zero-order chi connectivity index (χ0) is 15.2. The molecule has 0 fully saturated rings. The van der Waals surface area contributed by atoms with Crippen molar-refractivity contribution < 1.29 is 9.53 Å². The van der Waals surface area contributed by atoms with Crippen LogP contribution in [-0.2, 0) is 4.79 Å². The van der Waals surface area contributed by atoms with Gasteiger partial charge in [-0.2, -0.15) is 4.98 Å². The second-order valence-corrected chi connectivity index (χ2v) is 5.89. The van der Waals surface area contributed by atoms with Crippen LogP contribution in [0, 0.1) is 0 Å². The number of ether oxygens (including phenoxy) is 1. The van der Waals surface area contributed by atoms with Gasteiger partial charge < -0.3 is 4.74 Å². The van der Waals surface area contributed by atoms with Gasteiger partial charge in [0.15, 0.2) is 6.61 Å². The van der Waals surface area contributed by atoms with Crippen LogP contribution in [0.3, 0.4) is 0 Å². The van der Waals surface area contributed by atoms with Crippen molar-refractivity contribution in [2.75, 3.05) is 17.7 Å². The number of thioether (sulfide) groups is 1. The maximum Gasteiger partial charge on any atom is 0.264 e. The Morgan fingerprint density at radius 1 is 1.48 bits per heavy atom. The van der Waals surface area contributed by atoms with E-state index in [-0.39, 0.29) is 18.5 Å². The Bertz CT molecular complexity index is 635. The molecular formula is C12H12Cl2N4O2S. The molecule has 112 valence electrons. The standard InChI is InChI=1S/C12H12Cl2N4O2S/c1-2-21-12-16-11(17-18-12)15-10(19)6-20-9-5-7(13)3-4-8(9)14/h3-5H,2,6H2,1H3,(H2,15,16,17,18,19). The van der Waals surface area contributed by atoms with Gasteiger partial charge in [0, 0.05) is 11.1 Å². The number of carbonyl (C=O) groups is 1. The van der Waals surface area contributed by atoms with E-state index < -0.39 is 0 Å². The van der Waals surface area contributed by atoms with Gasteiger partial charge in [-0.05, 0) is 17.9 Å². The average Bonchev–Trinajstić information content (AvgIpc) is 2.87. The number of aromatic nitrogens is 3. The Kier molecular flexibility index (Phi) is 5.72. The van der Waals surface area contributed by atoms with Crippen molar-refractivity contribution in [3.63, 3.8) is 0 Å². The van der Waals surface area contributed by atoms with Crippen LogP contribution in [0.5, 0.6) is 5.75 Å². The van der Waals surface area contributed by atoms with Gasteiger partial charge in [0.1, 0.15) is 5.75 Å². The first-order valence-corrected chi connectivity index (χ1v) is 7.75. The largest absolute Gasteiger partial charge is 0.482 e. The number of benzene rings is 1. The maximum absolute atomic E-state index is 11.7. The molecule has 0 spiro atoms.